The van der Waals surface area contributed by atoms with E-state index in [0.29, 0.717) is 34.6 Å². The molecule has 1 aliphatic heterocycles. The predicted octanol–water partition coefficient (Wildman–Crippen LogP) is 3.37. The summed E-state index contributed by atoms with van der Waals surface area (Å²) in [7, 11) is 1.50. The van der Waals surface area contributed by atoms with E-state index in [4.69, 9.17) is 9.47 Å². The Hall–Kier alpha value is -3.20. The highest BCUT2D eigenvalue weighted by Crippen LogP contribution is 2.27. The summed E-state index contributed by atoms with van der Waals surface area (Å²) in [6.07, 6.45) is 1.94. The van der Waals surface area contributed by atoms with Gasteiger partial charge in [-0.2, -0.15) is 10.1 Å². The Kier molecular flexibility index (Phi) is 5.30. The second-order valence-electron chi connectivity index (χ2n) is 7.04. The van der Waals surface area contributed by atoms with Crippen LogP contribution in [0.2, 0.25) is 0 Å². The summed E-state index contributed by atoms with van der Waals surface area (Å²) in [5.41, 5.74) is 0.962. The van der Waals surface area contributed by atoms with Crippen molar-refractivity contribution in [2.75, 3.05) is 30.4 Å². The van der Waals surface area contributed by atoms with Crippen LogP contribution in [-0.4, -0.2) is 52.6 Å². The number of benzene rings is 1. The number of ether oxygens (including phenoxy) is 2. The number of H-pyrrole nitrogens is 1. The lowest BCUT2D eigenvalue weighted by Gasteiger charge is -2.35. The van der Waals surface area contributed by atoms with Gasteiger partial charge in [-0.25, -0.2) is 9.37 Å². The van der Waals surface area contributed by atoms with Crippen molar-refractivity contribution in [3.63, 3.8) is 0 Å². The van der Waals surface area contributed by atoms with Crippen LogP contribution in [0.1, 0.15) is 13.8 Å². The molecule has 2 atom stereocenters. The molecule has 0 aliphatic carbocycles. The number of hydrogen-bond donors (Lipinski definition) is 2. The number of morpholine rings is 1. The van der Waals surface area contributed by atoms with E-state index < -0.39 is 0 Å². The van der Waals surface area contributed by atoms with Crippen LogP contribution in [0.3, 0.4) is 0 Å². The maximum Gasteiger partial charge on any atom is 0.227 e. The van der Waals surface area contributed by atoms with Gasteiger partial charge in [0.1, 0.15) is 17.4 Å². The van der Waals surface area contributed by atoms with Crippen molar-refractivity contribution in [1.82, 2.24) is 20.2 Å². The van der Waals surface area contributed by atoms with Crippen molar-refractivity contribution < 1.29 is 13.9 Å². The topological polar surface area (TPSA) is 88.2 Å². The molecule has 1 aromatic carbocycles. The highest BCUT2D eigenvalue weighted by Gasteiger charge is 2.24. The molecule has 0 bridgehead atoms. The zero-order valence-electron chi connectivity index (χ0n) is 16.5. The number of aromatic nitrogens is 4. The van der Waals surface area contributed by atoms with Gasteiger partial charge < -0.3 is 19.7 Å². The molecule has 1 saturated heterocycles. The summed E-state index contributed by atoms with van der Waals surface area (Å²) in [6.45, 7) is 5.54. The minimum absolute atomic E-state index is 0.118. The van der Waals surface area contributed by atoms with Gasteiger partial charge in [0.05, 0.1) is 25.0 Å². The number of aromatic amines is 1. The molecule has 0 amide bonds. The largest absolute Gasteiger partial charge is 0.497 e. The number of nitrogens with zero attached hydrogens (tertiary/aromatic N) is 4. The Morgan fingerprint density at radius 3 is 2.69 bits per heavy atom. The Morgan fingerprint density at radius 1 is 1.17 bits per heavy atom. The van der Waals surface area contributed by atoms with Crippen molar-refractivity contribution in [2.24, 2.45) is 0 Å². The van der Waals surface area contributed by atoms with E-state index >= 15 is 0 Å². The Labute approximate surface area is 168 Å². The molecule has 29 heavy (non-hydrogen) atoms. The fourth-order valence-corrected chi connectivity index (χ4v) is 3.41. The smallest absolute Gasteiger partial charge is 0.227 e. The first-order chi connectivity index (χ1) is 14.0. The molecular formula is C20H23FN6O2. The summed E-state index contributed by atoms with van der Waals surface area (Å²) in [5.74, 6) is 1.84. The molecule has 9 heteroatoms. The number of hydrogen-bond acceptors (Lipinski definition) is 7. The first-order valence-electron chi connectivity index (χ1n) is 9.41. The van der Waals surface area contributed by atoms with Crippen LogP contribution in [-0.2, 0) is 4.74 Å². The van der Waals surface area contributed by atoms with Gasteiger partial charge in [-0.15, -0.1) is 0 Å². The summed E-state index contributed by atoms with van der Waals surface area (Å²) >= 11 is 0. The molecule has 3 heterocycles. The molecule has 0 unspecified atom stereocenters. The molecule has 1 fully saturated rings. The van der Waals surface area contributed by atoms with Crippen LogP contribution in [0, 0.1) is 5.82 Å². The molecule has 0 radical (unpaired) electrons. The van der Waals surface area contributed by atoms with E-state index in [1.54, 1.807) is 30.5 Å². The molecule has 2 N–H and O–H groups in total. The monoisotopic (exact) mass is 398 g/mol. The van der Waals surface area contributed by atoms with Gasteiger partial charge in [0, 0.05) is 37.0 Å². The van der Waals surface area contributed by atoms with E-state index in [2.05, 4.69) is 30.4 Å². The molecule has 152 valence electrons. The molecule has 3 aromatic rings. The molecule has 4 rings (SSSR count). The van der Waals surface area contributed by atoms with Crippen LogP contribution in [0.15, 0.2) is 36.5 Å². The van der Waals surface area contributed by atoms with Gasteiger partial charge in [-0.3, -0.25) is 5.10 Å². The number of anilines is 3. The van der Waals surface area contributed by atoms with Gasteiger partial charge in [0.15, 0.2) is 5.82 Å². The van der Waals surface area contributed by atoms with E-state index in [1.165, 1.54) is 13.2 Å². The fourth-order valence-electron chi connectivity index (χ4n) is 3.41. The summed E-state index contributed by atoms with van der Waals surface area (Å²) in [4.78, 5) is 11.1. The standard InChI is InChI=1S/C20H23FN6O2/c1-12-10-27(11-13(2)29-12)20-22-7-6-18(24-20)23-19-9-17(25-26-19)15-5-4-14(28-3)8-16(15)21/h4-9,12-13H,10-11H2,1-3H3,(H2,22,23,24,25,26)/t12-,13+. The zero-order chi connectivity index (χ0) is 20.4. The third kappa shape index (κ3) is 4.29. The van der Waals surface area contributed by atoms with Crippen molar-refractivity contribution in [3.8, 4) is 17.0 Å². The van der Waals surface area contributed by atoms with Gasteiger partial charge in [0.25, 0.3) is 0 Å². The molecular weight excluding hydrogens is 375 g/mol. The van der Waals surface area contributed by atoms with Crippen LogP contribution < -0.4 is 15.0 Å². The highest BCUT2D eigenvalue weighted by molar-refractivity contribution is 5.66. The number of nitrogens with one attached hydrogen (secondary N) is 2. The predicted molar refractivity (Wildman–Crippen MR) is 108 cm³/mol. The fraction of sp³-hybridized carbons (Fsp3) is 0.350. The third-order valence-electron chi connectivity index (χ3n) is 4.65. The second kappa shape index (κ2) is 8.04. The highest BCUT2D eigenvalue weighted by atomic mass is 19.1. The molecule has 8 nitrogen and oxygen atoms in total. The number of rotatable bonds is 5. The van der Waals surface area contributed by atoms with Crippen molar-refractivity contribution in [1.29, 1.82) is 0 Å². The lowest BCUT2D eigenvalue weighted by molar-refractivity contribution is -0.00571. The van der Waals surface area contributed by atoms with Crippen LogP contribution >= 0.6 is 0 Å². The zero-order valence-corrected chi connectivity index (χ0v) is 16.5. The first kappa shape index (κ1) is 19.1. The lowest BCUT2D eigenvalue weighted by Crippen LogP contribution is -2.46. The normalized spacial score (nSPS) is 19.2. The Bertz CT molecular complexity index is 985. The molecule has 0 saturated carbocycles. The van der Waals surface area contributed by atoms with Crippen LogP contribution in [0.5, 0.6) is 5.75 Å². The lowest BCUT2D eigenvalue weighted by atomic mass is 10.1. The van der Waals surface area contributed by atoms with E-state index in [9.17, 15) is 4.39 Å². The summed E-state index contributed by atoms with van der Waals surface area (Å²) in [5, 5.41) is 10.2. The van der Waals surface area contributed by atoms with Gasteiger partial charge in [-0.05, 0) is 32.0 Å². The van der Waals surface area contributed by atoms with Gasteiger partial charge in [0.2, 0.25) is 5.95 Å². The molecule has 1 aliphatic rings. The molecule has 0 spiro atoms. The average Bonchev–Trinajstić information content (AvgIpc) is 3.15. The van der Waals surface area contributed by atoms with Crippen LogP contribution in [0.25, 0.3) is 11.3 Å². The van der Waals surface area contributed by atoms with E-state index in [0.717, 1.165) is 13.1 Å². The molecule has 2 aromatic heterocycles. The van der Waals surface area contributed by atoms with Crippen molar-refractivity contribution in [3.05, 3.63) is 42.3 Å². The van der Waals surface area contributed by atoms with E-state index in [-0.39, 0.29) is 18.0 Å². The number of halogens is 1. The van der Waals surface area contributed by atoms with Crippen LogP contribution in [0.4, 0.5) is 22.0 Å². The number of methoxy groups -OCH3 is 1. The first-order valence-corrected chi connectivity index (χ1v) is 9.41. The maximum absolute atomic E-state index is 14.3. The van der Waals surface area contributed by atoms with Gasteiger partial charge >= 0.3 is 0 Å². The third-order valence-corrected chi connectivity index (χ3v) is 4.65. The minimum Gasteiger partial charge on any atom is -0.497 e. The summed E-state index contributed by atoms with van der Waals surface area (Å²) < 4.78 is 25.1. The second-order valence-corrected chi connectivity index (χ2v) is 7.04. The minimum atomic E-state index is -0.389. The maximum atomic E-state index is 14.3. The Morgan fingerprint density at radius 2 is 1.97 bits per heavy atom. The van der Waals surface area contributed by atoms with E-state index in [1.807, 2.05) is 13.8 Å². The Balaban J connectivity index is 1.51. The van der Waals surface area contributed by atoms with Crippen molar-refractivity contribution >= 4 is 17.6 Å². The van der Waals surface area contributed by atoms with Crippen molar-refractivity contribution in [2.45, 2.75) is 26.1 Å². The average molecular weight is 398 g/mol. The van der Waals surface area contributed by atoms with Gasteiger partial charge in [-0.1, -0.05) is 0 Å². The summed E-state index contributed by atoms with van der Waals surface area (Å²) in [6, 6.07) is 8.18. The SMILES string of the molecule is COc1ccc(-c2cc(Nc3ccnc(N4C[C@@H](C)O[C@@H](C)C4)n3)n[nH]2)c(F)c1. The quantitative estimate of drug-likeness (QED) is 0.681.